The number of nitrogens with one attached hydrogen (secondary N) is 2. The van der Waals surface area contributed by atoms with Gasteiger partial charge in [0, 0.05) is 5.56 Å². The summed E-state index contributed by atoms with van der Waals surface area (Å²) in [4.78, 5) is 11.8. The molecule has 0 heterocycles. The van der Waals surface area contributed by atoms with Crippen LogP contribution in [0.1, 0.15) is 29.3 Å². The Morgan fingerprint density at radius 1 is 1.39 bits per heavy atom. The van der Waals surface area contributed by atoms with Gasteiger partial charge in [-0.2, -0.15) is 0 Å². The van der Waals surface area contributed by atoms with Gasteiger partial charge in [-0.3, -0.25) is 10.1 Å². The van der Waals surface area contributed by atoms with Crippen molar-refractivity contribution in [2.24, 2.45) is 0 Å². The SMILES string of the molecule is CCC(CO)NC(=S)NC(=O)c1ccc(C)cc1. The molecule has 0 saturated heterocycles. The van der Waals surface area contributed by atoms with Gasteiger partial charge in [-0.05, 0) is 37.7 Å². The summed E-state index contributed by atoms with van der Waals surface area (Å²) in [5, 5.41) is 14.7. The Morgan fingerprint density at radius 2 is 2.00 bits per heavy atom. The number of aryl methyl sites for hydroxylation is 1. The average molecular weight is 266 g/mol. The molecule has 0 fully saturated rings. The first-order valence-corrected chi connectivity index (χ1v) is 6.27. The Balaban J connectivity index is 2.54. The second-order valence-electron chi connectivity index (χ2n) is 4.08. The van der Waals surface area contributed by atoms with E-state index >= 15 is 0 Å². The Labute approximate surface area is 112 Å². The van der Waals surface area contributed by atoms with E-state index in [4.69, 9.17) is 17.3 Å². The van der Waals surface area contributed by atoms with E-state index in [2.05, 4.69) is 10.6 Å². The van der Waals surface area contributed by atoms with Crippen molar-refractivity contribution in [2.45, 2.75) is 26.3 Å². The second-order valence-corrected chi connectivity index (χ2v) is 4.49. The molecule has 1 rings (SSSR count). The maximum atomic E-state index is 11.8. The smallest absolute Gasteiger partial charge is 0.257 e. The molecule has 0 saturated carbocycles. The van der Waals surface area contributed by atoms with Crippen LogP contribution >= 0.6 is 12.2 Å². The number of amides is 1. The van der Waals surface area contributed by atoms with Crippen LogP contribution in [0, 0.1) is 6.92 Å². The maximum absolute atomic E-state index is 11.8. The average Bonchev–Trinajstić information content (AvgIpc) is 2.36. The Bertz CT molecular complexity index is 414. The van der Waals surface area contributed by atoms with Crippen LogP contribution in [0.15, 0.2) is 24.3 Å². The number of rotatable bonds is 4. The number of carbonyl (C=O) groups is 1. The number of benzene rings is 1. The molecular formula is C13H18N2O2S. The third-order valence-electron chi connectivity index (χ3n) is 2.59. The van der Waals surface area contributed by atoms with Crippen LogP contribution in [-0.4, -0.2) is 28.8 Å². The Morgan fingerprint density at radius 3 is 2.50 bits per heavy atom. The van der Waals surface area contributed by atoms with Gasteiger partial charge in [-0.15, -0.1) is 0 Å². The van der Waals surface area contributed by atoms with E-state index in [9.17, 15) is 4.79 Å². The standard InChI is InChI=1S/C13H18N2O2S/c1-3-11(8-16)14-13(18)15-12(17)10-6-4-9(2)5-7-10/h4-7,11,16H,3,8H2,1-2H3,(H2,14,15,17,18). The largest absolute Gasteiger partial charge is 0.394 e. The molecule has 1 unspecified atom stereocenters. The zero-order valence-corrected chi connectivity index (χ0v) is 11.4. The van der Waals surface area contributed by atoms with Crippen molar-refractivity contribution in [3.63, 3.8) is 0 Å². The fourth-order valence-electron chi connectivity index (χ4n) is 1.38. The van der Waals surface area contributed by atoms with Gasteiger partial charge in [0.2, 0.25) is 0 Å². The Hall–Kier alpha value is -1.46. The van der Waals surface area contributed by atoms with E-state index in [1.807, 2.05) is 26.0 Å². The molecule has 0 bridgehead atoms. The van der Waals surface area contributed by atoms with Crippen LogP contribution in [0.5, 0.6) is 0 Å². The molecule has 0 aromatic heterocycles. The third-order valence-corrected chi connectivity index (χ3v) is 2.81. The molecule has 3 N–H and O–H groups in total. The van der Waals surface area contributed by atoms with Crippen LogP contribution in [0.3, 0.4) is 0 Å². The Kier molecular flexibility index (Phi) is 5.74. The predicted molar refractivity (Wildman–Crippen MR) is 75.5 cm³/mol. The summed E-state index contributed by atoms with van der Waals surface area (Å²) in [7, 11) is 0. The van der Waals surface area contributed by atoms with Gasteiger partial charge in [-0.1, -0.05) is 24.6 Å². The lowest BCUT2D eigenvalue weighted by Gasteiger charge is -2.16. The van der Waals surface area contributed by atoms with E-state index < -0.39 is 0 Å². The highest BCUT2D eigenvalue weighted by Gasteiger charge is 2.10. The summed E-state index contributed by atoms with van der Waals surface area (Å²) in [5.74, 6) is -0.250. The highest BCUT2D eigenvalue weighted by Crippen LogP contribution is 2.02. The zero-order valence-electron chi connectivity index (χ0n) is 10.6. The lowest BCUT2D eigenvalue weighted by Crippen LogP contribution is -2.45. The molecular weight excluding hydrogens is 248 g/mol. The van der Waals surface area contributed by atoms with Crippen LogP contribution in [0.25, 0.3) is 0 Å². The van der Waals surface area contributed by atoms with Crippen molar-refractivity contribution in [1.29, 1.82) is 0 Å². The lowest BCUT2D eigenvalue weighted by molar-refractivity contribution is 0.0976. The molecule has 1 amide bonds. The second kappa shape index (κ2) is 7.08. The van der Waals surface area contributed by atoms with Crippen LogP contribution in [-0.2, 0) is 0 Å². The fourth-order valence-corrected chi connectivity index (χ4v) is 1.64. The highest BCUT2D eigenvalue weighted by atomic mass is 32.1. The summed E-state index contributed by atoms with van der Waals surface area (Å²) in [6.45, 7) is 3.87. The fraction of sp³-hybridized carbons (Fsp3) is 0.385. The number of thiocarbonyl (C=S) groups is 1. The molecule has 18 heavy (non-hydrogen) atoms. The van der Waals surface area contributed by atoms with Crippen molar-refractivity contribution < 1.29 is 9.90 Å². The molecule has 0 aliphatic rings. The van der Waals surface area contributed by atoms with Crippen molar-refractivity contribution in [3.05, 3.63) is 35.4 Å². The third kappa shape index (κ3) is 4.43. The van der Waals surface area contributed by atoms with Gasteiger partial charge in [0.25, 0.3) is 5.91 Å². The van der Waals surface area contributed by atoms with Gasteiger partial charge in [0.1, 0.15) is 0 Å². The number of aliphatic hydroxyl groups is 1. The number of hydrogen-bond acceptors (Lipinski definition) is 3. The van der Waals surface area contributed by atoms with Gasteiger partial charge < -0.3 is 10.4 Å². The van der Waals surface area contributed by atoms with E-state index in [1.165, 1.54) is 0 Å². The van der Waals surface area contributed by atoms with E-state index in [1.54, 1.807) is 12.1 Å². The van der Waals surface area contributed by atoms with E-state index in [-0.39, 0.29) is 23.7 Å². The normalized spacial score (nSPS) is 11.7. The van der Waals surface area contributed by atoms with Gasteiger partial charge in [0.15, 0.2) is 5.11 Å². The van der Waals surface area contributed by atoms with Crippen molar-refractivity contribution in [3.8, 4) is 0 Å². The first-order valence-electron chi connectivity index (χ1n) is 5.86. The molecule has 1 aromatic rings. The van der Waals surface area contributed by atoms with E-state index in [0.717, 1.165) is 12.0 Å². The lowest BCUT2D eigenvalue weighted by atomic mass is 10.1. The molecule has 1 atom stereocenters. The van der Waals surface area contributed by atoms with E-state index in [0.29, 0.717) is 5.56 Å². The highest BCUT2D eigenvalue weighted by molar-refractivity contribution is 7.80. The minimum atomic E-state index is -0.250. The topological polar surface area (TPSA) is 61.4 Å². The first-order chi connectivity index (χ1) is 8.56. The summed E-state index contributed by atoms with van der Waals surface area (Å²) in [6, 6.07) is 7.10. The molecule has 1 aromatic carbocycles. The predicted octanol–water partition coefficient (Wildman–Crippen LogP) is 1.37. The molecule has 0 spiro atoms. The van der Waals surface area contributed by atoms with Crippen LogP contribution in [0.4, 0.5) is 0 Å². The number of hydrogen-bond donors (Lipinski definition) is 3. The first kappa shape index (κ1) is 14.6. The van der Waals surface area contributed by atoms with Crippen molar-refractivity contribution in [2.75, 3.05) is 6.61 Å². The minimum absolute atomic E-state index is 0.0168. The monoisotopic (exact) mass is 266 g/mol. The number of aliphatic hydroxyl groups excluding tert-OH is 1. The zero-order chi connectivity index (χ0) is 13.5. The van der Waals surface area contributed by atoms with Crippen molar-refractivity contribution >= 4 is 23.2 Å². The van der Waals surface area contributed by atoms with Gasteiger partial charge in [-0.25, -0.2) is 0 Å². The minimum Gasteiger partial charge on any atom is -0.394 e. The van der Waals surface area contributed by atoms with Gasteiger partial charge >= 0.3 is 0 Å². The summed E-state index contributed by atoms with van der Waals surface area (Å²) in [5.41, 5.74) is 1.65. The molecule has 0 aliphatic carbocycles. The summed E-state index contributed by atoms with van der Waals surface area (Å²) < 4.78 is 0. The maximum Gasteiger partial charge on any atom is 0.257 e. The quantitative estimate of drug-likeness (QED) is 0.720. The van der Waals surface area contributed by atoms with Crippen LogP contribution in [0.2, 0.25) is 0 Å². The molecule has 98 valence electrons. The summed E-state index contributed by atoms with van der Waals surface area (Å²) >= 11 is 5.01. The molecule has 5 heteroatoms. The molecule has 4 nitrogen and oxygen atoms in total. The van der Waals surface area contributed by atoms with Crippen LogP contribution < -0.4 is 10.6 Å². The molecule has 0 radical (unpaired) electrons. The van der Waals surface area contributed by atoms with Gasteiger partial charge in [0.05, 0.1) is 12.6 Å². The van der Waals surface area contributed by atoms with Crippen molar-refractivity contribution in [1.82, 2.24) is 10.6 Å². The molecule has 0 aliphatic heterocycles. The number of carbonyl (C=O) groups excluding carboxylic acids is 1. The summed E-state index contributed by atoms with van der Waals surface area (Å²) in [6.07, 6.45) is 0.733.